The van der Waals surface area contributed by atoms with Crippen molar-refractivity contribution in [1.82, 2.24) is 5.06 Å². The molecule has 0 aromatic rings. The number of nitrogens with zero attached hydrogens (tertiary/aromatic N) is 1. The van der Waals surface area contributed by atoms with Gasteiger partial charge < -0.3 is 5.11 Å². The van der Waals surface area contributed by atoms with Crippen LogP contribution in [0, 0.1) is 5.92 Å². The van der Waals surface area contributed by atoms with Gasteiger partial charge >= 0.3 is 0 Å². The van der Waals surface area contributed by atoms with Crippen molar-refractivity contribution in [3.63, 3.8) is 0 Å². The Hall–Kier alpha value is -1.20. The molecule has 0 aromatic heterocycles. The first-order valence-corrected chi connectivity index (χ1v) is 4.02. The second kappa shape index (κ2) is 2.40. The summed E-state index contributed by atoms with van der Waals surface area (Å²) in [6.07, 6.45) is 3.77. The molecule has 1 aliphatic heterocycles. The van der Waals surface area contributed by atoms with Gasteiger partial charge in [0.1, 0.15) is 0 Å². The molecule has 0 bridgehead atoms. The highest BCUT2D eigenvalue weighted by Crippen LogP contribution is 2.37. The summed E-state index contributed by atoms with van der Waals surface area (Å²) in [5, 5.41) is 18.8. The summed E-state index contributed by atoms with van der Waals surface area (Å²) in [4.78, 5) is 22.5. The SMILES string of the molecule is O=C1C2CC=CCC2(O)C(=O)N1O. The number of fused-ring (bicyclic) bond motifs is 1. The van der Waals surface area contributed by atoms with Gasteiger partial charge in [0.05, 0.1) is 5.92 Å². The standard InChI is InChI=1S/C8H9NO4/c10-6-5-3-1-2-4-8(5,12)7(11)9(6)13/h1-2,5,12-13H,3-4H2. The summed E-state index contributed by atoms with van der Waals surface area (Å²) in [6, 6.07) is 0. The fourth-order valence-corrected chi connectivity index (χ4v) is 1.81. The van der Waals surface area contributed by atoms with E-state index in [4.69, 9.17) is 5.21 Å². The van der Waals surface area contributed by atoms with E-state index in [2.05, 4.69) is 0 Å². The van der Waals surface area contributed by atoms with E-state index in [-0.39, 0.29) is 11.5 Å². The Bertz CT molecular complexity index is 311. The summed E-state index contributed by atoms with van der Waals surface area (Å²) in [5.74, 6) is -2.43. The Morgan fingerprint density at radius 1 is 1.46 bits per heavy atom. The maximum absolute atomic E-state index is 11.2. The van der Waals surface area contributed by atoms with Crippen LogP contribution in [0.5, 0.6) is 0 Å². The van der Waals surface area contributed by atoms with Crippen molar-refractivity contribution >= 4 is 11.8 Å². The largest absolute Gasteiger partial charge is 0.379 e. The van der Waals surface area contributed by atoms with Gasteiger partial charge in [0, 0.05) is 6.42 Å². The van der Waals surface area contributed by atoms with Crippen molar-refractivity contribution in [3.8, 4) is 0 Å². The lowest BCUT2D eigenvalue weighted by atomic mass is 9.81. The van der Waals surface area contributed by atoms with Crippen molar-refractivity contribution < 1.29 is 19.9 Å². The van der Waals surface area contributed by atoms with Gasteiger partial charge in [-0.2, -0.15) is 5.06 Å². The number of amides is 2. The molecule has 1 heterocycles. The van der Waals surface area contributed by atoms with Gasteiger partial charge in [0.25, 0.3) is 11.8 Å². The number of rotatable bonds is 0. The van der Waals surface area contributed by atoms with E-state index in [1.54, 1.807) is 12.2 Å². The maximum atomic E-state index is 11.2. The van der Waals surface area contributed by atoms with E-state index in [0.29, 0.717) is 6.42 Å². The van der Waals surface area contributed by atoms with Crippen LogP contribution in [0.2, 0.25) is 0 Å². The molecule has 13 heavy (non-hydrogen) atoms. The molecule has 2 aliphatic rings. The highest BCUT2D eigenvalue weighted by Gasteiger charge is 2.58. The third kappa shape index (κ3) is 0.882. The van der Waals surface area contributed by atoms with Crippen molar-refractivity contribution in [2.45, 2.75) is 18.4 Å². The third-order valence-corrected chi connectivity index (χ3v) is 2.61. The fourth-order valence-electron chi connectivity index (χ4n) is 1.81. The Morgan fingerprint density at radius 2 is 2.15 bits per heavy atom. The summed E-state index contributed by atoms with van der Waals surface area (Å²) < 4.78 is 0. The molecular formula is C8H9NO4. The molecule has 2 atom stereocenters. The molecule has 5 heteroatoms. The molecule has 2 rings (SSSR count). The second-order valence-corrected chi connectivity index (χ2v) is 3.34. The van der Waals surface area contributed by atoms with E-state index in [0.717, 1.165) is 0 Å². The average Bonchev–Trinajstić information content (AvgIpc) is 2.29. The normalized spacial score (nSPS) is 38.3. The first-order valence-electron chi connectivity index (χ1n) is 4.02. The molecule has 0 spiro atoms. The Kier molecular flexibility index (Phi) is 1.55. The molecule has 0 radical (unpaired) electrons. The second-order valence-electron chi connectivity index (χ2n) is 3.34. The summed E-state index contributed by atoms with van der Waals surface area (Å²) in [5.41, 5.74) is -1.71. The summed E-state index contributed by atoms with van der Waals surface area (Å²) in [7, 11) is 0. The zero-order valence-corrected chi connectivity index (χ0v) is 6.80. The van der Waals surface area contributed by atoms with E-state index in [9.17, 15) is 14.7 Å². The molecule has 0 saturated carbocycles. The van der Waals surface area contributed by atoms with Gasteiger partial charge in [-0.1, -0.05) is 12.2 Å². The van der Waals surface area contributed by atoms with Crippen molar-refractivity contribution in [2.75, 3.05) is 0 Å². The van der Waals surface area contributed by atoms with Gasteiger partial charge in [-0.3, -0.25) is 14.8 Å². The Morgan fingerprint density at radius 3 is 2.77 bits per heavy atom. The van der Waals surface area contributed by atoms with Crippen LogP contribution in [0.15, 0.2) is 12.2 Å². The molecule has 1 saturated heterocycles. The lowest BCUT2D eigenvalue weighted by Gasteiger charge is -2.25. The maximum Gasteiger partial charge on any atom is 0.286 e. The van der Waals surface area contributed by atoms with Crippen LogP contribution < -0.4 is 0 Å². The van der Waals surface area contributed by atoms with Crippen molar-refractivity contribution in [1.29, 1.82) is 0 Å². The smallest absolute Gasteiger partial charge is 0.286 e. The van der Waals surface area contributed by atoms with Gasteiger partial charge in [-0.15, -0.1) is 0 Å². The number of imide groups is 1. The van der Waals surface area contributed by atoms with Crippen LogP contribution >= 0.6 is 0 Å². The first-order chi connectivity index (χ1) is 6.07. The topological polar surface area (TPSA) is 77.8 Å². The van der Waals surface area contributed by atoms with E-state index in [1.165, 1.54) is 0 Å². The van der Waals surface area contributed by atoms with Crippen LogP contribution in [0.3, 0.4) is 0 Å². The molecule has 5 nitrogen and oxygen atoms in total. The van der Waals surface area contributed by atoms with E-state index in [1.807, 2.05) is 0 Å². The van der Waals surface area contributed by atoms with Crippen LogP contribution in [0.4, 0.5) is 0 Å². The number of hydroxylamine groups is 2. The number of carbonyl (C=O) groups is 2. The molecular weight excluding hydrogens is 174 g/mol. The molecule has 1 fully saturated rings. The minimum absolute atomic E-state index is 0.0255. The fraction of sp³-hybridized carbons (Fsp3) is 0.500. The zero-order chi connectivity index (χ0) is 9.64. The molecule has 2 amide bonds. The van der Waals surface area contributed by atoms with Gasteiger partial charge in [-0.05, 0) is 6.42 Å². The predicted octanol–water partition coefficient (Wildman–Crippen LogP) is -0.558. The lowest BCUT2D eigenvalue weighted by molar-refractivity contribution is -0.176. The van der Waals surface area contributed by atoms with Gasteiger partial charge in [0.2, 0.25) is 0 Å². The monoisotopic (exact) mass is 183 g/mol. The Balaban J connectivity index is 2.44. The molecule has 2 N–H and O–H groups in total. The van der Waals surface area contributed by atoms with Crippen LogP contribution in [-0.2, 0) is 9.59 Å². The third-order valence-electron chi connectivity index (χ3n) is 2.61. The lowest BCUT2D eigenvalue weighted by Crippen LogP contribution is -2.43. The van der Waals surface area contributed by atoms with Crippen LogP contribution in [0.25, 0.3) is 0 Å². The number of carbonyl (C=O) groups excluding carboxylic acids is 2. The summed E-state index contributed by atoms with van der Waals surface area (Å²) >= 11 is 0. The zero-order valence-electron chi connectivity index (χ0n) is 6.80. The number of aliphatic hydroxyl groups is 1. The quantitative estimate of drug-likeness (QED) is 0.300. The highest BCUT2D eigenvalue weighted by atomic mass is 16.5. The molecule has 1 aliphatic carbocycles. The van der Waals surface area contributed by atoms with Gasteiger partial charge in [-0.25, -0.2) is 0 Å². The van der Waals surface area contributed by atoms with Gasteiger partial charge in [0.15, 0.2) is 5.60 Å². The van der Waals surface area contributed by atoms with Crippen LogP contribution in [0.1, 0.15) is 12.8 Å². The minimum Gasteiger partial charge on any atom is -0.379 e. The number of allylic oxidation sites excluding steroid dienone is 1. The first kappa shape index (κ1) is 8.40. The summed E-state index contributed by atoms with van der Waals surface area (Å²) in [6.45, 7) is 0. The Labute approximate surface area is 74.2 Å². The van der Waals surface area contributed by atoms with E-state index >= 15 is 0 Å². The number of hydrogen-bond acceptors (Lipinski definition) is 4. The number of hydrogen-bond donors (Lipinski definition) is 2. The van der Waals surface area contributed by atoms with Crippen molar-refractivity contribution in [3.05, 3.63) is 12.2 Å². The average molecular weight is 183 g/mol. The molecule has 0 aromatic carbocycles. The minimum atomic E-state index is -1.71. The van der Waals surface area contributed by atoms with Crippen LogP contribution in [-0.4, -0.2) is 32.8 Å². The molecule has 2 unspecified atom stereocenters. The molecule has 70 valence electrons. The highest BCUT2D eigenvalue weighted by molar-refractivity contribution is 6.08. The predicted molar refractivity (Wildman–Crippen MR) is 40.5 cm³/mol. The van der Waals surface area contributed by atoms with E-state index < -0.39 is 23.3 Å². The van der Waals surface area contributed by atoms with Crippen molar-refractivity contribution in [2.24, 2.45) is 5.92 Å².